The quantitative estimate of drug-likeness (QED) is 0.754. The van der Waals surface area contributed by atoms with Crippen LogP contribution in [0.15, 0.2) is 0 Å². The molecule has 0 bridgehead atoms. The summed E-state index contributed by atoms with van der Waals surface area (Å²) in [4.78, 5) is 2.21. The smallest absolute Gasteiger partial charge is 0.117 e. The van der Waals surface area contributed by atoms with Crippen molar-refractivity contribution in [1.82, 2.24) is 4.90 Å². The van der Waals surface area contributed by atoms with Crippen LogP contribution >= 0.6 is 0 Å². The van der Waals surface area contributed by atoms with Gasteiger partial charge in [0, 0.05) is 19.1 Å². The summed E-state index contributed by atoms with van der Waals surface area (Å²) in [6, 6.07) is 0.465. The molecule has 1 heterocycles. The maximum absolute atomic E-state index is 12.2. The van der Waals surface area contributed by atoms with Gasteiger partial charge in [-0.25, -0.2) is 4.39 Å². The fourth-order valence-corrected chi connectivity index (χ4v) is 2.39. The van der Waals surface area contributed by atoms with Crippen molar-refractivity contribution < 1.29 is 9.50 Å². The Bertz CT molecular complexity index is 177. The van der Waals surface area contributed by atoms with Crippen LogP contribution in [0, 0.1) is 11.8 Å². The number of nitrogens with zero attached hydrogens (tertiary/aromatic N) is 1. The Labute approximate surface area is 86.1 Å². The van der Waals surface area contributed by atoms with E-state index < -0.39 is 12.8 Å². The highest BCUT2D eigenvalue weighted by atomic mass is 19.1. The summed E-state index contributed by atoms with van der Waals surface area (Å²) in [7, 11) is 0. The highest BCUT2D eigenvalue weighted by Crippen LogP contribution is 2.26. The molecule has 0 aliphatic carbocycles. The van der Waals surface area contributed by atoms with E-state index in [2.05, 4.69) is 25.7 Å². The molecule has 0 saturated carbocycles. The van der Waals surface area contributed by atoms with Crippen LogP contribution in [0.25, 0.3) is 0 Å². The van der Waals surface area contributed by atoms with E-state index in [9.17, 15) is 9.50 Å². The molecule has 1 aliphatic rings. The van der Waals surface area contributed by atoms with E-state index >= 15 is 0 Å². The lowest BCUT2D eigenvalue weighted by Gasteiger charge is -2.41. The summed E-state index contributed by atoms with van der Waals surface area (Å²) in [6.07, 6.45) is 0.429. The van der Waals surface area contributed by atoms with Gasteiger partial charge in [-0.1, -0.05) is 13.8 Å². The average molecular weight is 203 g/mol. The summed E-state index contributed by atoms with van der Waals surface area (Å²) < 4.78 is 12.2. The second-order valence-corrected chi connectivity index (χ2v) is 4.82. The third-order valence-corrected chi connectivity index (χ3v) is 3.34. The number of likely N-dealkylation sites (tertiary alicyclic amines) is 1. The number of alkyl halides is 1. The molecule has 0 amide bonds. The van der Waals surface area contributed by atoms with E-state index in [1.54, 1.807) is 0 Å². The fourth-order valence-electron chi connectivity index (χ4n) is 2.39. The molecule has 0 radical (unpaired) electrons. The number of piperidine rings is 1. The second kappa shape index (κ2) is 5.08. The SMILES string of the molecule is CC1CC(C)C(C)N(CC(O)CF)C1. The van der Waals surface area contributed by atoms with Gasteiger partial charge >= 0.3 is 0 Å². The van der Waals surface area contributed by atoms with E-state index in [1.807, 2.05) is 0 Å². The monoisotopic (exact) mass is 203 g/mol. The zero-order valence-electron chi connectivity index (χ0n) is 9.41. The lowest BCUT2D eigenvalue weighted by Crippen LogP contribution is -2.48. The molecule has 1 saturated heterocycles. The van der Waals surface area contributed by atoms with Crippen LogP contribution in [-0.2, 0) is 0 Å². The Balaban J connectivity index is 2.49. The highest BCUT2D eigenvalue weighted by Gasteiger charge is 2.29. The summed E-state index contributed by atoms with van der Waals surface area (Å²) in [5.74, 6) is 1.30. The molecule has 3 heteroatoms. The van der Waals surface area contributed by atoms with Crippen molar-refractivity contribution >= 4 is 0 Å². The molecule has 0 aromatic rings. The molecule has 4 atom stereocenters. The standard InChI is InChI=1S/C11H22FNO/c1-8-4-9(2)10(3)13(6-8)7-11(14)5-12/h8-11,14H,4-7H2,1-3H3. The first-order valence-corrected chi connectivity index (χ1v) is 5.52. The van der Waals surface area contributed by atoms with E-state index in [1.165, 1.54) is 6.42 Å². The molecule has 1 rings (SSSR count). The van der Waals surface area contributed by atoms with Crippen LogP contribution in [0.5, 0.6) is 0 Å². The van der Waals surface area contributed by atoms with Gasteiger partial charge in [-0.15, -0.1) is 0 Å². The summed E-state index contributed by atoms with van der Waals surface area (Å²) >= 11 is 0. The average Bonchev–Trinajstić information content (AvgIpc) is 2.13. The first kappa shape index (κ1) is 11.9. The summed E-state index contributed by atoms with van der Waals surface area (Å²) in [6.45, 7) is 7.45. The minimum Gasteiger partial charge on any atom is -0.389 e. The van der Waals surface area contributed by atoms with Crippen molar-refractivity contribution in [1.29, 1.82) is 0 Å². The van der Waals surface area contributed by atoms with Crippen LogP contribution in [0.2, 0.25) is 0 Å². The molecule has 1 N–H and O–H groups in total. The van der Waals surface area contributed by atoms with Crippen molar-refractivity contribution in [3.8, 4) is 0 Å². The van der Waals surface area contributed by atoms with Crippen LogP contribution in [-0.4, -0.2) is 41.9 Å². The topological polar surface area (TPSA) is 23.5 Å². The molecule has 84 valence electrons. The van der Waals surface area contributed by atoms with E-state index in [4.69, 9.17) is 0 Å². The Morgan fingerprint density at radius 3 is 2.64 bits per heavy atom. The molecule has 1 aliphatic heterocycles. The summed E-state index contributed by atoms with van der Waals surface area (Å²) in [5.41, 5.74) is 0. The number of hydrogen-bond donors (Lipinski definition) is 1. The molecule has 14 heavy (non-hydrogen) atoms. The third kappa shape index (κ3) is 2.92. The zero-order valence-corrected chi connectivity index (χ0v) is 9.41. The van der Waals surface area contributed by atoms with Crippen LogP contribution < -0.4 is 0 Å². The second-order valence-electron chi connectivity index (χ2n) is 4.82. The van der Waals surface area contributed by atoms with E-state index in [0.29, 0.717) is 24.4 Å². The Morgan fingerprint density at radius 2 is 2.07 bits per heavy atom. The van der Waals surface area contributed by atoms with Crippen LogP contribution in [0.3, 0.4) is 0 Å². The third-order valence-electron chi connectivity index (χ3n) is 3.34. The van der Waals surface area contributed by atoms with E-state index in [0.717, 1.165) is 6.54 Å². The van der Waals surface area contributed by atoms with Gasteiger partial charge in [0.25, 0.3) is 0 Å². The van der Waals surface area contributed by atoms with Crippen LogP contribution in [0.1, 0.15) is 27.2 Å². The van der Waals surface area contributed by atoms with E-state index in [-0.39, 0.29) is 0 Å². The Kier molecular flexibility index (Phi) is 4.32. The van der Waals surface area contributed by atoms with Gasteiger partial charge in [0.15, 0.2) is 0 Å². The minimum atomic E-state index is -0.810. The van der Waals surface area contributed by atoms with Gasteiger partial charge in [0.1, 0.15) is 6.67 Å². The zero-order chi connectivity index (χ0) is 10.7. The predicted molar refractivity (Wildman–Crippen MR) is 56.0 cm³/mol. The Morgan fingerprint density at radius 1 is 1.43 bits per heavy atom. The molecule has 0 aromatic carbocycles. The maximum atomic E-state index is 12.2. The number of rotatable bonds is 3. The lowest BCUT2D eigenvalue weighted by molar-refractivity contribution is 0.0237. The van der Waals surface area contributed by atoms with Crippen molar-refractivity contribution in [2.24, 2.45) is 11.8 Å². The predicted octanol–water partition coefficient (Wildman–Crippen LogP) is 1.68. The largest absolute Gasteiger partial charge is 0.389 e. The van der Waals surface area contributed by atoms with Gasteiger partial charge in [-0.05, 0) is 25.2 Å². The van der Waals surface area contributed by atoms with Crippen LogP contribution in [0.4, 0.5) is 4.39 Å². The maximum Gasteiger partial charge on any atom is 0.117 e. The molecule has 1 fully saturated rings. The normalized spacial score (nSPS) is 37.1. The van der Waals surface area contributed by atoms with Crippen molar-refractivity contribution in [3.05, 3.63) is 0 Å². The van der Waals surface area contributed by atoms with Crippen molar-refractivity contribution in [2.45, 2.75) is 39.3 Å². The molecule has 2 nitrogen and oxygen atoms in total. The molecule has 0 aromatic heterocycles. The van der Waals surface area contributed by atoms with Gasteiger partial charge in [0.2, 0.25) is 0 Å². The number of aliphatic hydroxyl groups excluding tert-OH is 1. The number of β-amino-alcohol motifs (C(OH)–C–C–N with tert-alkyl or cyclic N) is 1. The summed E-state index contributed by atoms with van der Waals surface area (Å²) in [5, 5.41) is 9.28. The lowest BCUT2D eigenvalue weighted by atomic mass is 9.86. The molecular formula is C11H22FNO. The van der Waals surface area contributed by atoms with Gasteiger partial charge in [-0.3, -0.25) is 4.90 Å². The number of halogens is 1. The van der Waals surface area contributed by atoms with Gasteiger partial charge in [0.05, 0.1) is 6.10 Å². The van der Waals surface area contributed by atoms with Crippen molar-refractivity contribution in [3.63, 3.8) is 0 Å². The Hall–Kier alpha value is -0.150. The minimum absolute atomic E-state index is 0.465. The fraction of sp³-hybridized carbons (Fsp3) is 1.00. The van der Waals surface area contributed by atoms with Gasteiger partial charge < -0.3 is 5.11 Å². The van der Waals surface area contributed by atoms with Gasteiger partial charge in [-0.2, -0.15) is 0 Å². The highest BCUT2D eigenvalue weighted by molar-refractivity contribution is 4.83. The number of hydrogen-bond acceptors (Lipinski definition) is 2. The first-order chi connectivity index (χ1) is 6.54. The molecule has 4 unspecified atom stereocenters. The molecular weight excluding hydrogens is 181 g/mol. The number of aliphatic hydroxyl groups is 1. The molecule has 0 spiro atoms. The van der Waals surface area contributed by atoms with Crippen molar-refractivity contribution in [2.75, 3.05) is 19.8 Å². The first-order valence-electron chi connectivity index (χ1n) is 5.52.